The number of carbonyl (C=O) groups excluding carboxylic acids is 1. The highest BCUT2D eigenvalue weighted by Gasteiger charge is 2.34. The lowest BCUT2D eigenvalue weighted by Crippen LogP contribution is -2.29. The molecule has 0 aliphatic carbocycles. The van der Waals surface area contributed by atoms with Gasteiger partial charge in [0.15, 0.2) is 5.01 Å². The molecule has 0 fully saturated rings. The third-order valence-corrected chi connectivity index (χ3v) is 7.52. The molecule has 0 saturated heterocycles. The molecule has 8 heteroatoms. The molecule has 1 aromatic heterocycles. The van der Waals surface area contributed by atoms with Gasteiger partial charge in [0, 0.05) is 23.5 Å². The Morgan fingerprint density at radius 1 is 1.44 bits per heavy atom. The van der Waals surface area contributed by atoms with E-state index in [4.69, 9.17) is 0 Å². The Morgan fingerprint density at radius 3 is 2.89 bits per heavy atom. The third kappa shape index (κ3) is 3.83. The highest BCUT2D eigenvalue weighted by molar-refractivity contribution is 7.89. The molecule has 1 aliphatic heterocycles. The van der Waals surface area contributed by atoms with Gasteiger partial charge in [0.25, 0.3) is 5.91 Å². The molecule has 27 heavy (non-hydrogen) atoms. The van der Waals surface area contributed by atoms with Gasteiger partial charge in [-0.25, -0.2) is 13.4 Å². The summed E-state index contributed by atoms with van der Waals surface area (Å²) >= 11 is 1.25. The van der Waals surface area contributed by atoms with Crippen LogP contribution >= 0.6 is 11.3 Å². The fourth-order valence-electron chi connectivity index (χ4n) is 2.83. The predicted octanol–water partition coefficient (Wildman–Crippen LogP) is 3.28. The molecule has 2 aromatic rings. The first-order chi connectivity index (χ1) is 12.9. The van der Waals surface area contributed by atoms with Crippen LogP contribution in [0.4, 0.5) is 0 Å². The average Bonchev–Trinajstić information content (AvgIpc) is 3.06. The second kappa shape index (κ2) is 7.92. The Kier molecular flexibility index (Phi) is 5.78. The van der Waals surface area contributed by atoms with Crippen LogP contribution in [-0.2, 0) is 16.6 Å². The molecule has 1 unspecified atom stereocenters. The van der Waals surface area contributed by atoms with E-state index >= 15 is 0 Å². The number of aromatic nitrogens is 1. The van der Waals surface area contributed by atoms with Gasteiger partial charge in [0.1, 0.15) is 0 Å². The molecule has 1 aliphatic rings. The van der Waals surface area contributed by atoms with Crippen molar-refractivity contribution in [3.8, 4) is 11.3 Å². The summed E-state index contributed by atoms with van der Waals surface area (Å²) in [6, 6.07) is 6.80. The summed E-state index contributed by atoms with van der Waals surface area (Å²) in [7, 11) is -3.65. The van der Waals surface area contributed by atoms with Crippen molar-refractivity contribution in [3.63, 3.8) is 0 Å². The lowest BCUT2D eigenvalue weighted by Gasteiger charge is -2.18. The summed E-state index contributed by atoms with van der Waals surface area (Å²) in [6.45, 7) is 8.78. The number of nitrogens with zero attached hydrogens (tertiary/aromatic N) is 2. The van der Waals surface area contributed by atoms with Gasteiger partial charge in [-0.15, -0.1) is 17.9 Å². The normalized spacial score (nSPS) is 16.7. The van der Waals surface area contributed by atoms with E-state index in [1.54, 1.807) is 30.3 Å². The van der Waals surface area contributed by atoms with Crippen molar-refractivity contribution in [3.05, 3.63) is 46.8 Å². The minimum atomic E-state index is -3.65. The van der Waals surface area contributed by atoms with Gasteiger partial charge in [-0.3, -0.25) is 4.79 Å². The number of sulfonamides is 1. The molecule has 0 bridgehead atoms. The fourth-order valence-corrected chi connectivity index (χ4v) is 5.49. The Labute approximate surface area is 164 Å². The summed E-state index contributed by atoms with van der Waals surface area (Å²) in [5.41, 5.74) is 1.11. The number of benzene rings is 1. The van der Waals surface area contributed by atoms with Crippen LogP contribution < -0.4 is 5.32 Å². The molecule has 1 N–H and O–H groups in total. The summed E-state index contributed by atoms with van der Waals surface area (Å²) in [5.74, 6) is 0.171. The van der Waals surface area contributed by atoms with Crippen molar-refractivity contribution in [2.24, 2.45) is 5.92 Å². The van der Waals surface area contributed by atoms with Crippen LogP contribution in [0.2, 0.25) is 0 Å². The van der Waals surface area contributed by atoms with Crippen LogP contribution in [0.5, 0.6) is 0 Å². The van der Waals surface area contributed by atoms with Crippen LogP contribution in [0.1, 0.15) is 34.9 Å². The van der Waals surface area contributed by atoms with E-state index in [9.17, 15) is 13.2 Å². The average molecular weight is 406 g/mol. The van der Waals surface area contributed by atoms with E-state index in [-0.39, 0.29) is 23.9 Å². The number of amides is 1. The molecule has 0 saturated carbocycles. The fraction of sp³-hybridized carbons (Fsp3) is 0.368. The Hall–Kier alpha value is -2.03. The topological polar surface area (TPSA) is 79.4 Å². The molecule has 6 nitrogen and oxygen atoms in total. The molecule has 0 spiro atoms. The van der Waals surface area contributed by atoms with Gasteiger partial charge >= 0.3 is 0 Å². The van der Waals surface area contributed by atoms with Gasteiger partial charge in [-0.05, 0) is 12.0 Å². The Morgan fingerprint density at radius 2 is 2.19 bits per heavy atom. The minimum Gasteiger partial charge on any atom is -0.350 e. The number of thiazole rings is 1. The van der Waals surface area contributed by atoms with Crippen molar-refractivity contribution < 1.29 is 13.2 Å². The van der Waals surface area contributed by atoms with Gasteiger partial charge in [0.05, 0.1) is 17.1 Å². The van der Waals surface area contributed by atoms with E-state index in [1.165, 1.54) is 15.6 Å². The molecule has 144 valence electrons. The summed E-state index contributed by atoms with van der Waals surface area (Å²) < 4.78 is 27.3. The maximum atomic E-state index is 13.0. The van der Waals surface area contributed by atoms with Gasteiger partial charge in [-0.2, -0.15) is 4.31 Å². The first kappa shape index (κ1) is 19.7. The van der Waals surface area contributed by atoms with E-state index in [1.807, 2.05) is 0 Å². The largest absolute Gasteiger partial charge is 0.350 e. The molecule has 1 atom stereocenters. The van der Waals surface area contributed by atoms with Crippen molar-refractivity contribution in [2.45, 2.75) is 31.7 Å². The molecule has 3 rings (SSSR count). The smallest absolute Gasteiger partial charge is 0.280 e. The first-order valence-corrected chi connectivity index (χ1v) is 11.1. The SMILES string of the molecule is C=CCN1Cc2sc(C(=O)NCC(C)CC)nc2-c2ccccc2S1(=O)=O. The van der Waals surface area contributed by atoms with Crippen LogP contribution in [0.3, 0.4) is 0 Å². The zero-order valence-electron chi connectivity index (χ0n) is 15.4. The number of nitrogens with one attached hydrogen (secondary N) is 1. The Balaban J connectivity index is 2.03. The molecule has 1 amide bonds. The summed E-state index contributed by atoms with van der Waals surface area (Å²) in [5, 5.41) is 3.27. The predicted molar refractivity (Wildman–Crippen MR) is 107 cm³/mol. The molecule has 2 heterocycles. The third-order valence-electron chi connectivity index (χ3n) is 4.61. The van der Waals surface area contributed by atoms with Crippen LogP contribution in [0.15, 0.2) is 41.8 Å². The number of rotatable bonds is 6. The monoisotopic (exact) mass is 405 g/mol. The van der Waals surface area contributed by atoms with Crippen LogP contribution in [-0.4, -0.2) is 36.7 Å². The highest BCUT2D eigenvalue weighted by Crippen LogP contribution is 2.38. The zero-order valence-corrected chi connectivity index (χ0v) is 17.1. The molecular weight excluding hydrogens is 382 g/mol. The maximum absolute atomic E-state index is 13.0. The van der Waals surface area contributed by atoms with E-state index < -0.39 is 10.0 Å². The molecule has 1 aromatic carbocycles. The summed E-state index contributed by atoms with van der Waals surface area (Å²) in [6.07, 6.45) is 2.54. The number of hydrogen-bond donors (Lipinski definition) is 1. The van der Waals surface area contributed by atoms with E-state index in [2.05, 4.69) is 30.7 Å². The van der Waals surface area contributed by atoms with Gasteiger partial charge in [0.2, 0.25) is 10.0 Å². The number of hydrogen-bond acceptors (Lipinski definition) is 5. The lowest BCUT2D eigenvalue weighted by atomic mass is 10.1. The van der Waals surface area contributed by atoms with Crippen molar-refractivity contribution in [1.29, 1.82) is 0 Å². The van der Waals surface area contributed by atoms with Crippen molar-refractivity contribution in [1.82, 2.24) is 14.6 Å². The molecule has 0 radical (unpaired) electrons. The standard InChI is InChI=1S/C19H23N3O3S2/c1-4-10-22-12-15-17(14-8-6-7-9-16(14)27(22,24)25)21-19(26-15)18(23)20-11-13(3)5-2/h4,6-9,13H,1,5,10-12H2,2-3H3,(H,20,23). The molecular formula is C19H23N3O3S2. The highest BCUT2D eigenvalue weighted by atomic mass is 32.2. The Bertz CT molecular complexity index is 966. The zero-order chi connectivity index (χ0) is 19.6. The van der Waals surface area contributed by atoms with Crippen molar-refractivity contribution in [2.75, 3.05) is 13.1 Å². The minimum absolute atomic E-state index is 0.175. The van der Waals surface area contributed by atoms with Crippen molar-refractivity contribution >= 4 is 27.3 Å². The van der Waals surface area contributed by atoms with Crippen LogP contribution in [0.25, 0.3) is 11.3 Å². The number of fused-ring (bicyclic) bond motifs is 3. The summed E-state index contributed by atoms with van der Waals surface area (Å²) in [4.78, 5) is 18.0. The second-order valence-corrected chi connectivity index (χ2v) is 9.59. The quantitative estimate of drug-likeness (QED) is 0.748. The van der Waals surface area contributed by atoms with Crippen LogP contribution in [0, 0.1) is 5.92 Å². The second-order valence-electron chi connectivity index (χ2n) is 6.60. The van der Waals surface area contributed by atoms with E-state index in [0.29, 0.717) is 28.7 Å². The number of carbonyl (C=O) groups is 1. The van der Waals surface area contributed by atoms with E-state index in [0.717, 1.165) is 11.3 Å². The van der Waals surface area contributed by atoms with Gasteiger partial charge in [-0.1, -0.05) is 44.5 Å². The maximum Gasteiger partial charge on any atom is 0.280 e. The van der Waals surface area contributed by atoms with Gasteiger partial charge < -0.3 is 5.32 Å². The first-order valence-electron chi connectivity index (χ1n) is 8.86. The lowest BCUT2D eigenvalue weighted by molar-refractivity contribution is 0.0947.